The Morgan fingerprint density at radius 2 is 1.86 bits per heavy atom. The Hall–Kier alpha value is -2.49. The van der Waals surface area contributed by atoms with Crippen LogP contribution < -0.4 is 9.80 Å². The van der Waals surface area contributed by atoms with Gasteiger partial charge in [0.05, 0.1) is 11.8 Å². The van der Waals surface area contributed by atoms with Crippen LogP contribution in [0.1, 0.15) is 24.2 Å². The fourth-order valence-corrected chi connectivity index (χ4v) is 3.73. The molecule has 0 saturated carbocycles. The van der Waals surface area contributed by atoms with Gasteiger partial charge >= 0.3 is 6.18 Å². The number of rotatable bonds is 4. The number of alkyl halides is 3. The molecule has 0 radical (unpaired) electrons. The summed E-state index contributed by atoms with van der Waals surface area (Å²) in [5, 5.41) is 10.4. The van der Waals surface area contributed by atoms with Gasteiger partial charge in [-0.1, -0.05) is 0 Å². The maximum absolute atomic E-state index is 13.4. The van der Waals surface area contributed by atoms with Crippen molar-refractivity contribution in [1.29, 1.82) is 0 Å². The van der Waals surface area contributed by atoms with E-state index in [1.165, 1.54) is 0 Å². The second kappa shape index (κ2) is 7.50. The zero-order valence-electron chi connectivity index (χ0n) is 15.2. The van der Waals surface area contributed by atoms with Crippen LogP contribution in [0, 0.1) is 5.92 Å². The summed E-state index contributed by atoms with van der Waals surface area (Å²) in [4.78, 5) is 19.8. The van der Waals surface area contributed by atoms with E-state index in [9.17, 15) is 18.3 Å². The third kappa shape index (κ3) is 4.01. The zero-order valence-corrected chi connectivity index (χ0v) is 15.2. The number of hydrogen-bond donors (Lipinski definition) is 1. The Morgan fingerprint density at radius 3 is 2.54 bits per heavy atom. The van der Waals surface area contributed by atoms with Crippen molar-refractivity contribution in [2.24, 2.45) is 5.92 Å². The first-order chi connectivity index (χ1) is 13.4. The fourth-order valence-electron chi connectivity index (χ4n) is 3.73. The molecule has 2 aromatic rings. The van der Waals surface area contributed by atoms with Crippen molar-refractivity contribution in [3.05, 3.63) is 36.0 Å². The highest BCUT2D eigenvalue weighted by atomic mass is 19.4. The molecule has 2 aliphatic heterocycles. The standard InChI is InChI=1S/C18H21F3N6O/c19-18(20,21)15-8-16(25-17(24-15)26-5-1-2-6-26)27-10-12(14(28)11-27)7-13-9-22-3-4-23-13/h3-4,8-9,12,14,28H,1-2,5-7,10-11H2/t12-,14-/m1/s1. The molecule has 4 heterocycles. The first-order valence-electron chi connectivity index (χ1n) is 9.29. The Bertz CT molecular complexity index is 813. The second-order valence-electron chi connectivity index (χ2n) is 7.24. The van der Waals surface area contributed by atoms with Crippen LogP contribution in [0.15, 0.2) is 24.7 Å². The minimum Gasteiger partial charge on any atom is -0.391 e. The van der Waals surface area contributed by atoms with Crippen molar-refractivity contribution in [3.8, 4) is 0 Å². The third-order valence-corrected chi connectivity index (χ3v) is 5.20. The minimum absolute atomic E-state index is 0.106. The molecule has 0 aromatic carbocycles. The van der Waals surface area contributed by atoms with Gasteiger partial charge in [-0.25, -0.2) is 4.98 Å². The van der Waals surface area contributed by atoms with Crippen molar-refractivity contribution in [1.82, 2.24) is 19.9 Å². The zero-order chi connectivity index (χ0) is 19.7. The van der Waals surface area contributed by atoms with E-state index >= 15 is 0 Å². The monoisotopic (exact) mass is 394 g/mol. The van der Waals surface area contributed by atoms with Gasteiger partial charge in [-0.05, 0) is 19.3 Å². The molecule has 0 unspecified atom stereocenters. The molecule has 2 saturated heterocycles. The van der Waals surface area contributed by atoms with Gasteiger partial charge in [0.25, 0.3) is 0 Å². The summed E-state index contributed by atoms with van der Waals surface area (Å²) < 4.78 is 40.1. The minimum atomic E-state index is -4.55. The predicted molar refractivity (Wildman–Crippen MR) is 95.9 cm³/mol. The average molecular weight is 394 g/mol. The number of halogens is 3. The molecule has 150 valence electrons. The Labute approximate surface area is 160 Å². The number of aromatic nitrogens is 4. The molecule has 2 fully saturated rings. The van der Waals surface area contributed by atoms with Crippen LogP contribution in [0.25, 0.3) is 0 Å². The smallest absolute Gasteiger partial charge is 0.391 e. The molecular formula is C18H21F3N6O. The Balaban J connectivity index is 1.58. The molecule has 0 spiro atoms. The van der Waals surface area contributed by atoms with E-state index in [-0.39, 0.29) is 24.2 Å². The predicted octanol–water partition coefficient (Wildman–Crippen LogP) is 1.93. The Morgan fingerprint density at radius 1 is 1.07 bits per heavy atom. The van der Waals surface area contributed by atoms with Gasteiger partial charge in [-0.2, -0.15) is 18.2 Å². The molecule has 2 atom stereocenters. The lowest BCUT2D eigenvalue weighted by atomic mass is 10.0. The van der Waals surface area contributed by atoms with E-state index in [0.29, 0.717) is 26.1 Å². The van der Waals surface area contributed by atoms with Crippen molar-refractivity contribution < 1.29 is 18.3 Å². The largest absolute Gasteiger partial charge is 0.433 e. The number of aliphatic hydroxyl groups excluding tert-OH is 1. The molecule has 10 heteroatoms. The fraction of sp³-hybridized carbons (Fsp3) is 0.556. The van der Waals surface area contributed by atoms with Crippen LogP contribution in [-0.2, 0) is 12.6 Å². The van der Waals surface area contributed by atoms with Crippen molar-refractivity contribution in [3.63, 3.8) is 0 Å². The number of aliphatic hydroxyl groups is 1. The molecule has 2 aliphatic rings. The van der Waals surface area contributed by atoms with E-state index in [0.717, 1.165) is 24.6 Å². The summed E-state index contributed by atoms with van der Waals surface area (Å²) in [7, 11) is 0. The van der Waals surface area contributed by atoms with Gasteiger partial charge in [0, 0.05) is 56.8 Å². The highest BCUT2D eigenvalue weighted by Crippen LogP contribution is 2.33. The van der Waals surface area contributed by atoms with Gasteiger partial charge in [0.15, 0.2) is 5.69 Å². The molecule has 0 amide bonds. The van der Waals surface area contributed by atoms with E-state index in [2.05, 4.69) is 19.9 Å². The van der Waals surface area contributed by atoms with Gasteiger partial charge < -0.3 is 14.9 Å². The summed E-state index contributed by atoms with van der Waals surface area (Å²) in [6.07, 6.45) is 1.88. The Kier molecular flexibility index (Phi) is 5.05. The highest BCUT2D eigenvalue weighted by Gasteiger charge is 2.37. The molecule has 7 nitrogen and oxygen atoms in total. The maximum Gasteiger partial charge on any atom is 0.433 e. The van der Waals surface area contributed by atoms with Crippen LogP contribution in [0.5, 0.6) is 0 Å². The highest BCUT2D eigenvalue weighted by molar-refractivity contribution is 5.48. The third-order valence-electron chi connectivity index (χ3n) is 5.20. The van der Waals surface area contributed by atoms with Crippen molar-refractivity contribution in [2.75, 3.05) is 36.0 Å². The first kappa shape index (κ1) is 18.9. The lowest BCUT2D eigenvalue weighted by Crippen LogP contribution is -2.27. The van der Waals surface area contributed by atoms with Crippen LogP contribution >= 0.6 is 0 Å². The lowest BCUT2D eigenvalue weighted by molar-refractivity contribution is -0.141. The first-order valence-corrected chi connectivity index (χ1v) is 9.29. The van der Waals surface area contributed by atoms with Crippen molar-refractivity contribution in [2.45, 2.75) is 31.5 Å². The second-order valence-corrected chi connectivity index (χ2v) is 7.24. The lowest BCUT2D eigenvalue weighted by Gasteiger charge is -2.22. The molecule has 0 aliphatic carbocycles. The molecule has 2 aromatic heterocycles. The topological polar surface area (TPSA) is 78.3 Å². The summed E-state index contributed by atoms with van der Waals surface area (Å²) in [5.74, 6) is 0.148. The van der Waals surface area contributed by atoms with E-state index in [1.54, 1.807) is 28.4 Å². The molecule has 28 heavy (non-hydrogen) atoms. The maximum atomic E-state index is 13.4. The SMILES string of the molecule is O[C@@H]1CN(c2cc(C(F)(F)F)nc(N3CCCC3)n2)C[C@H]1Cc1cnccn1. The quantitative estimate of drug-likeness (QED) is 0.849. The number of β-amino-alcohol motifs (C(OH)–C–C–N with tert-alkyl or cyclic N) is 1. The molecule has 1 N–H and O–H groups in total. The molecular weight excluding hydrogens is 373 g/mol. The van der Waals surface area contributed by atoms with Gasteiger partial charge in [-0.3, -0.25) is 9.97 Å². The van der Waals surface area contributed by atoms with Crippen LogP contribution in [0.4, 0.5) is 24.9 Å². The number of hydrogen-bond acceptors (Lipinski definition) is 7. The van der Waals surface area contributed by atoms with Crippen LogP contribution in [0.3, 0.4) is 0 Å². The summed E-state index contributed by atoms with van der Waals surface area (Å²) in [6.45, 7) is 1.92. The van der Waals surface area contributed by atoms with E-state index in [4.69, 9.17) is 0 Å². The van der Waals surface area contributed by atoms with E-state index in [1.807, 2.05) is 0 Å². The summed E-state index contributed by atoms with van der Waals surface area (Å²) >= 11 is 0. The average Bonchev–Trinajstić information content (AvgIpc) is 3.32. The summed E-state index contributed by atoms with van der Waals surface area (Å²) in [5.41, 5.74) is -0.212. The van der Waals surface area contributed by atoms with Gasteiger partial charge in [-0.15, -0.1) is 0 Å². The van der Waals surface area contributed by atoms with Gasteiger partial charge in [0.1, 0.15) is 5.82 Å². The van der Waals surface area contributed by atoms with E-state index < -0.39 is 18.0 Å². The van der Waals surface area contributed by atoms with Crippen LogP contribution in [0.2, 0.25) is 0 Å². The van der Waals surface area contributed by atoms with Crippen molar-refractivity contribution >= 4 is 11.8 Å². The number of nitrogens with zero attached hydrogens (tertiary/aromatic N) is 6. The van der Waals surface area contributed by atoms with Crippen LogP contribution in [-0.4, -0.2) is 57.3 Å². The van der Waals surface area contributed by atoms with Gasteiger partial charge in [0.2, 0.25) is 5.95 Å². The molecule has 0 bridgehead atoms. The normalized spacial score (nSPS) is 22.9. The number of anilines is 2. The summed E-state index contributed by atoms with van der Waals surface area (Å²) in [6, 6.07) is 0.969. The molecule has 4 rings (SSSR count).